The van der Waals surface area contributed by atoms with Crippen LogP contribution >= 0.6 is 0 Å². The number of amides is 1. The molecule has 0 aromatic heterocycles. The molecule has 1 amide bonds. The Morgan fingerprint density at radius 2 is 1.59 bits per heavy atom. The van der Waals surface area contributed by atoms with E-state index in [1.165, 1.54) is 32.1 Å². The molecule has 1 saturated heterocycles. The van der Waals surface area contributed by atoms with Crippen molar-refractivity contribution in [2.45, 2.75) is 95.0 Å². The summed E-state index contributed by atoms with van der Waals surface area (Å²) in [5.41, 5.74) is 0. The van der Waals surface area contributed by atoms with E-state index >= 15 is 0 Å². The number of aliphatic hydroxyl groups excluding tert-OH is 3. The van der Waals surface area contributed by atoms with Crippen LogP contribution in [-0.2, 0) is 9.53 Å². The van der Waals surface area contributed by atoms with Gasteiger partial charge in [-0.2, -0.15) is 0 Å². The van der Waals surface area contributed by atoms with Crippen molar-refractivity contribution in [1.29, 1.82) is 0 Å². The predicted octanol–water partition coefficient (Wildman–Crippen LogP) is 2.09. The SMILES string of the molecule is O=C(C1C(O)CC(O)CC1OCC1CCCCC1)N1CC(O)C2CCCCC2C1. The van der Waals surface area contributed by atoms with Crippen molar-refractivity contribution in [3.63, 3.8) is 0 Å². The molecule has 7 unspecified atom stereocenters. The molecule has 4 fully saturated rings. The first-order valence-electron chi connectivity index (χ1n) is 12.0. The van der Waals surface area contributed by atoms with E-state index < -0.39 is 30.3 Å². The Morgan fingerprint density at radius 3 is 2.38 bits per heavy atom. The second-order valence-electron chi connectivity index (χ2n) is 10.1. The van der Waals surface area contributed by atoms with Crippen molar-refractivity contribution in [2.75, 3.05) is 19.7 Å². The van der Waals surface area contributed by atoms with Gasteiger partial charge in [-0.15, -0.1) is 0 Å². The summed E-state index contributed by atoms with van der Waals surface area (Å²) in [7, 11) is 0. The van der Waals surface area contributed by atoms with Gasteiger partial charge in [-0.05, 0) is 43.4 Å². The number of hydrogen-bond donors (Lipinski definition) is 3. The molecule has 3 aliphatic carbocycles. The number of aliphatic hydroxyl groups is 3. The zero-order chi connectivity index (χ0) is 20.4. The monoisotopic (exact) mass is 409 g/mol. The lowest BCUT2D eigenvalue weighted by Crippen LogP contribution is -2.58. The number of nitrogens with zero attached hydrogens (tertiary/aromatic N) is 1. The van der Waals surface area contributed by atoms with E-state index in [4.69, 9.17) is 4.74 Å². The van der Waals surface area contributed by atoms with Gasteiger partial charge in [0.2, 0.25) is 5.91 Å². The standard InChI is InChI=1S/C23H39NO5/c25-17-10-19(26)22(21(11-17)29-14-15-6-2-1-3-7-15)23(28)24-12-16-8-4-5-9-18(16)20(27)13-24/h15-22,25-27H,1-14H2. The zero-order valence-electron chi connectivity index (χ0n) is 17.6. The highest BCUT2D eigenvalue weighted by Crippen LogP contribution is 2.38. The van der Waals surface area contributed by atoms with Crippen LogP contribution in [0, 0.1) is 23.7 Å². The third-order valence-electron chi connectivity index (χ3n) is 8.03. The Kier molecular flexibility index (Phi) is 7.15. The molecule has 1 aliphatic heterocycles. The van der Waals surface area contributed by atoms with Gasteiger partial charge >= 0.3 is 0 Å². The molecule has 166 valence electrons. The molecule has 3 saturated carbocycles. The van der Waals surface area contributed by atoms with Gasteiger partial charge < -0.3 is 25.0 Å². The third-order valence-corrected chi connectivity index (χ3v) is 8.03. The highest BCUT2D eigenvalue weighted by Gasteiger charge is 2.46. The van der Waals surface area contributed by atoms with Crippen molar-refractivity contribution in [1.82, 2.24) is 4.90 Å². The lowest BCUT2D eigenvalue weighted by atomic mass is 9.73. The van der Waals surface area contributed by atoms with Crippen molar-refractivity contribution in [3.05, 3.63) is 0 Å². The number of fused-ring (bicyclic) bond motifs is 1. The minimum absolute atomic E-state index is 0.0962. The maximum atomic E-state index is 13.4. The lowest BCUT2D eigenvalue weighted by molar-refractivity contribution is -0.165. The van der Waals surface area contributed by atoms with Crippen LogP contribution in [0.25, 0.3) is 0 Å². The summed E-state index contributed by atoms with van der Waals surface area (Å²) in [5.74, 6) is 0.472. The molecule has 7 atom stereocenters. The summed E-state index contributed by atoms with van der Waals surface area (Å²) in [6, 6.07) is 0. The quantitative estimate of drug-likeness (QED) is 0.662. The first-order valence-corrected chi connectivity index (χ1v) is 12.0. The molecular weight excluding hydrogens is 370 g/mol. The molecule has 3 N–H and O–H groups in total. The number of ether oxygens (including phenoxy) is 1. The molecule has 6 nitrogen and oxygen atoms in total. The minimum atomic E-state index is -0.885. The van der Waals surface area contributed by atoms with Crippen LogP contribution in [0.1, 0.15) is 70.6 Å². The third kappa shape index (κ3) is 4.97. The number of carbonyl (C=O) groups excluding carboxylic acids is 1. The van der Waals surface area contributed by atoms with E-state index in [1.54, 1.807) is 4.90 Å². The molecule has 0 aromatic rings. The van der Waals surface area contributed by atoms with Crippen molar-refractivity contribution in [3.8, 4) is 0 Å². The summed E-state index contributed by atoms with van der Waals surface area (Å²) in [6.45, 7) is 1.66. The molecule has 4 rings (SSSR count). The van der Waals surface area contributed by atoms with Crippen molar-refractivity contribution < 1.29 is 24.9 Å². The molecule has 0 bridgehead atoms. The fraction of sp³-hybridized carbons (Fsp3) is 0.957. The van der Waals surface area contributed by atoms with E-state index in [-0.39, 0.29) is 12.3 Å². The fourth-order valence-electron chi connectivity index (χ4n) is 6.37. The van der Waals surface area contributed by atoms with Gasteiger partial charge in [0.15, 0.2) is 0 Å². The van der Waals surface area contributed by atoms with Crippen molar-refractivity contribution in [2.24, 2.45) is 23.7 Å². The molecule has 0 radical (unpaired) electrons. The zero-order valence-corrected chi connectivity index (χ0v) is 17.6. The summed E-state index contributed by atoms with van der Waals surface area (Å²) >= 11 is 0. The van der Waals surface area contributed by atoms with E-state index in [0.717, 1.165) is 25.7 Å². The maximum Gasteiger partial charge on any atom is 0.231 e. The van der Waals surface area contributed by atoms with Crippen molar-refractivity contribution >= 4 is 5.91 Å². The van der Waals surface area contributed by atoms with Gasteiger partial charge in [-0.25, -0.2) is 0 Å². The highest BCUT2D eigenvalue weighted by molar-refractivity contribution is 5.80. The lowest BCUT2D eigenvalue weighted by Gasteiger charge is -2.47. The highest BCUT2D eigenvalue weighted by atomic mass is 16.5. The molecule has 4 aliphatic rings. The molecule has 1 heterocycles. The Morgan fingerprint density at radius 1 is 0.862 bits per heavy atom. The van der Waals surface area contributed by atoms with Crippen LogP contribution < -0.4 is 0 Å². The Bertz CT molecular complexity index is 551. The van der Waals surface area contributed by atoms with Gasteiger partial charge in [-0.1, -0.05) is 32.1 Å². The Balaban J connectivity index is 1.42. The largest absolute Gasteiger partial charge is 0.393 e. The van der Waals surface area contributed by atoms with Gasteiger partial charge in [0, 0.05) is 32.5 Å². The van der Waals surface area contributed by atoms with E-state index in [2.05, 4.69) is 0 Å². The number of β-amino-alcohol motifs (C(OH)–C–C–N with tert-alkyl or cyclic N) is 1. The van der Waals surface area contributed by atoms with E-state index in [1.807, 2.05) is 0 Å². The van der Waals surface area contributed by atoms with Crippen LogP contribution in [0.5, 0.6) is 0 Å². The van der Waals surface area contributed by atoms with Gasteiger partial charge in [-0.3, -0.25) is 4.79 Å². The number of likely N-dealkylation sites (tertiary alicyclic amines) is 1. The predicted molar refractivity (Wildman–Crippen MR) is 109 cm³/mol. The van der Waals surface area contributed by atoms with Gasteiger partial charge in [0.1, 0.15) is 0 Å². The van der Waals surface area contributed by atoms with Crippen LogP contribution in [-0.4, -0.2) is 70.2 Å². The van der Waals surface area contributed by atoms with Crippen LogP contribution in [0.2, 0.25) is 0 Å². The second-order valence-corrected chi connectivity index (χ2v) is 10.1. The smallest absolute Gasteiger partial charge is 0.231 e. The van der Waals surface area contributed by atoms with E-state index in [0.29, 0.717) is 43.9 Å². The number of hydrogen-bond acceptors (Lipinski definition) is 5. The summed E-state index contributed by atoms with van der Waals surface area (Å²) in [5, 5.41) is 31.5. The molecule has 0 aromatic carbocycles. The Hall–Kier alpha value is -0.690. The molecule has 6 heteroatoms. The average Bonchev–Trinajstić information content (AvgIpc) is 2.72. The summed E-state index contributed by atoms with van der Waals surface area (Å²) in [6.07, 6.45) is 8.76. The van der Waals surface area contributed by atoms with Gasteiger partial charge in [0.05, 0.1) is 30.3 Å². The number of rotatable bonds is 4. The topological polar surface area (TPSA) is 90.2 Å². The molecular formula is C23H39NO5. The minimum Gasteiger partial charge on any atom is -0.393 e. The van der Waals surface area contributed by atoms with E-state index in [9.17, 15) is 20.1 Å². The maximum absolute atomic E-state index is 13.4. The van der Waals surface area contributed by atoms with Crippen LogP contribution in [0.15, 0.2) is 0 Å². The molecule has 0 spiro atoms. The average molecular weight is 410 g/mol. The number of carbonyl (C=O) groups is 1. The molecule has 29 heavy (non-hydrogen) atoms. The summed E-state index contributed by atoms with van der Waals surface area (Å²) in [4.78, 5) is 15.2. The fourth-order valence-corrected chi connectivity index (χ4v) is 6.37. The van der Waals surface area contributed by atoms with Crippen LogP contribution in [0.3, 0.4) is 0 Å². The normalized spacial score (nSPS) is 41.8. The first-order chi connectivity index (χ1) is 14.0. The van der Waals surface area contributed by atoms with Crippen LogP contribution in [0.4, 0.5) is 0 Å². The first kappa shape index (κ1) is 21.5. The Labute approximate surface area is 174 Å². The second kappa shape index (κ2) is 9.63. The van der Waals surface area contributed by atoms with Gasteiger partial charge in [0.25, 0.3) is 0 Å². The summed E-state index contributed by atoms with van der Waals surface area (Å²) < 4.78 is 6.19. The number of piperidine rings is 1.